The Labute approximate surface area is 218 Å². The summed E-state index contributed by atoms with van der Waals surface area (Å²) in [5.41, 5.74) is 1.33. The first kappa shape index (κ1) is 26.2. The first-order chi connectivity index (χ1) is 16.7. The molecule has 0 heterocycles. The van der Waals surface area contributed by atoms with Crippen molar-refractivity contribution in [2.24, 2.45) is 50.2 Å². The number of aliphatic hydroxyl groups is 1. The van der Waals surface area contributed by atoms with Gasteiger partial charge in [-0.15, -0.1) is 0 Å². The van der Waals surface area contributed by atoms with E-state index < -0.39 is 5.41 Å². The van der Waals surface area contributed by atoms with Gasteiger partial charge in [-0.25, -0.2) is 0 Å². The Morgan fingerprint density at radius 3 is 2.36 bits per heavy atom. The predicted molar refractivity (Wildman–Crippen MR) is 142 cm³/mol. The summed E-state index contributed by atoms with van der Waals surface area (Å²) in [4.78, 5) is 27.7. The minimum absolute atomic E-state index is 0.0222. The highest BCUT2D eigenvalue weighted by atomic mass is 16.5. The van der Waals surface area contributed by atoms with Crippen LogP contribution in [0.15, 0.2) is 23.8 Å². The van der Waals surface area contributed by atoms with Crippen molar-refractivity contribution < 1.29 is 19.4 Å². The number of ketones is 1. The maximum atomic E-state index is 14.4. The second kappa shape index (κ2) is 7.80. The molecule has 1 N–H and O–H groups in total. The van der Waals surface area contributed by atoms with E-state index in [1.165, 1.54) is 12.7 Å². The van der Waals surface area contributed by atoms with Crippen molar-refractivity contribution in [2.45, 2.75) is 99.3 Å². The number of fused-ring (bicyclic) bond motifs is 7. The minimum atomic E-state index is -0.537. The van der Waals surface area contributed by atoms with Crippen molar-refractivity contribution in [3.05, 3.63) is 23.8 Å². The van der Waals surface area contributed by atoms with Crippen LogP contribution in [-0.2, 0) is 14.3 Å². The summed E-state index contributed by atoms with van der Waals surface area (Å²) in [6.07, 6.45) is 10.4. The highest BCUT2D eigenvalue weighted by molar-refractivity contribution is 5.96. The average Bonchev–Trinajstić information content (AvgIpc) is 2.82. The van der Waals surface area contributed by atoms with Gasteiger partial charge in [-0.3, -0.25) is 9.59 Å². The van der Waals surface area contributed by atoms with Crippen molar-refractivity contribution in [1.29, 1.82) is 0 Å². The molecule has 4 saturated carbocycles. The Bertz CT molecular complexity index is 1040. The molecule has 0 aromatic heterocycles. The Kier molecular flexibility index (Phi) is 5.68. The minimum Gasteiger partial charge on any atom is -0.469 e. The Morgan fingerprint density at radius 1 is 1.06 bits per heavy atom. The fourth-order valence-electron chi connectivity index (χ4n) is 10.5. The molecule has 0 aromatic carbocycles. The largest absolute Gasteiger partial charge is 0.469 e. The topological polar surface area (TPSA) is 63.6 Å². The monoisotopic (exact) mass is 496 g/mol. The molecule has 4 heteroatoms. The summed E-state index contributed by atoms with van der Waals surface area (Å²) in [6.45, 7) is 18.4. The molecule has 0 radical (unpaired) electrons. The molecule has 8 atom stereocenters. The van der Waals surface area contributed by atoms with Gasteiger partial charge in [-0.2, -0.15) is 0 Å². The van der Waals surface area contributed by atoms with Crippen LogP contribution in [0.5, 0.6) is 0 Å². The van der Waals surface area contributed by atoms with Crippen molar-refractivity contribution in [3.8, 4) is 0 Å². The average molecular weight is 497 g/mol. The first-order valence-corrected chi connectivity index (χ1v) is 14.3. The lowest BCUT2D eigenvalue weighted by molar-refractivity contribution is -0.192. The number of hydrogen-bond donors (Lipinski definition) is 1. The molecule has 5 aliphatic rings. The van der Waals surface area contributed by atoms with Gasteiger partial charge in [0.15, 0.2) is 5.78 Å². The SMILES string of the molecule is C=C1CC[C@]2(C)C3=CC(=O)[C@@H]4[C@@H]5CC(C)(C)CC[C@]5(C(=O)OC)CC[C@@]4(C)[C@]3(C)CC[C@H]2[C@@]1(C)CO. The maximum absolute atomic E-state index is 14.4. The second-order valence-corrected chi connectivity index (χ2v) is 15.0. The number of methoxy groups -OCH3 is 1. The van der Waals surface area contributed by atoms with E-state index in [4.69, 9.17) is 4.74 Å². The van der Waals surface area contributed by atoms with E-state index in [1.54, 1.807) is 0 Å². The molecular weight excluding hydrogens is 448 g/mol. The second-order valence-electron chi connectivity index (χ2n) is 15.0. The van der Waals surface area contributed by atoms with Gasteiger partial charge in [-0.05, 0) is 97.4 Å². The highest BCUT2D eigenvalue weighted by Gasteiger charge is 2.71. The summed E-state index contributed by atoms with van der Waals surface area (Å²) in [5.74, 6) is 0.293. The smallest absolute Gasteiger partial charge is 0.312 e. The van der Waals surface area contributed by atoms with Gasteiger partial charge in [0.2, 0.25) is 0 Å². The first-order valence-electron chi connectivity index (χ1n) is 14.3. The van der Waals surface area contributed by atoms with Crippen LogP contribution in [-0.4, -0.2) is 30.6 Å². The zero-order valence-corrected chi connectivity index (χ0v) is 23.8. The van der Waals surface area contributed by atoms with Crippen LogP contribution in [0, 0.1) is 50.2 Å². The number of rotatable bonds is 2. The van der Waals surface area contributed by atoms with Crippen molar-refractivity contribution in [3.63, 3.8) is 0 Å². The number of hydrogen-bond acceptors (Lipinski definition) is 4. The van der Waals surface area contributed by atoms with Gasteiger partial charge >= 0.3 is 5.97 Å². The molecule has 0 unspecified atom stereocenters. The lowest BCUT2D eigenvalue weighted by Crippen LogP contribution is -2.66. The molecule has 4 nitrogen and oxygen atoms in total. The maximum Gasteiger partial charge on any atom is 0.312 e. The third kappa shape index (κ3) is 3.03. The summed E-state index contributed by atoms with van der Waals surface area (Å²) in [6, 6.07) is 0. The molecule has 4 fully saturated rings. The normalized spacial score (nSPS) is 49.7. The molecule has 0 aliphatic heterocycles. The zero-order chi connectivity index (χ0) is 26.5. The van der Waals surface area contributed by atoms with E-state index in [2.05, 4.69) is 48.1 Å². The van der Waals surface area contributed by atoms with Crippen molar-refractivity contribution >= 4 is 11.8 Å². The number of carbonyl (C=O) groups is 2. The lowest BCUT2D eigenvalue weighted by atomic mass is 9.33. The van der Waals surface area contributed by atoms with Gasteiger partial charge < -0.3 is 9.84 Å². The molecule has 0 spiro atoms. The molecule has 5 rings (SSSR count). The summed E-state index contributed by atoms with van der Waals surface area (Å²) in [5, 5.41) is 10.5. The summed E-state index contributed by atoms with van der Waals surface area (Å²) < 4.78 is 5.43. The van der Waals surface area contributed by atoms with Crippen LogP contribution < -0.4 is 0 Å². The molecule has 5 aliphatic carbocycles. The van der Waals surface area contributed by atoms with E-state index in [-0.39, 0.29) is 63.2 Å². The predicted octanol–water partition coefficient (Wildman–Crippen LogP) is 6.67. The Balaban J connectivity index is 1.65. The van der Waals surface area contributed by atoms with Crippen molar-refractivity contribution in [1.82, 2.24) is 0 Å². The quantitative estimate of drug-likeness (QED) is 0.343. The van der Waals surface area contributed by atoms with Gasteiger partial charge in [0, 0.05) is 11.3 Å². The molecule has 200 valence electrons. The summed E-state index contributed by atoms with van der Waals surface area (Å²) in [7, 11) is 1.51. The zero-order valence-electron chi connectivity index (χ0n) is 23.8. The van der Waals surface area contributed by atoms with Crippen LogP contribution in [0.1, 0.15) is 99.3 Å². The van der Waals surface area contributed by atoms with Crippen molar-refractivity contribution in [2.75, 3.05) is 13.7 Å². The van der Waals surface area contributed by atoms with Crippen LogP contribution >= 0.6 is 0 Å². The Morgan fingerprint density at radius 2 is 1.72 bits per heavy atom. The third-order valence-electron chi connectivity index (χ3n) is 13.1. The van der Waals surface area contributed by atoms with E-state index in [1.807, 2.05) is 6.08 Å². The van der Waals surface area contributed by atoms with Crippen LogP contribution in [0.3, 0.4) is 0 Å². The number of carbonyl (C=O) groups excluding carboxylic acids is 2. The lowest BCUT2D eigenvalue weighted by Gasteiger charge is -2.69. The summed E-state index contributed by atoms with van der Waals surface area (Å²) >= 11 is 0. The molecule has 0 amide bonds. The fourth-order valence-corrected chi connectivity index (χ4v) is 10.5. The molecule has 36 heavy (non-hydrogen) atoms. The molecular formula is C32H48O4. The Hall–Kier alpha value is -1.42. The molecule has 0 saturated heterocycles. The van der Waals surface area contributed by atoms with Gasteiger partial charge in [0.25, 0.3) is 0 Å². The highest BCUT2D eigenvalue weighted by Crippen LogP contribution is 2.75. The van der Waals surface area contributed by atoms with E-state index in [9.17, 15) is 14.7 Å². The van der Waals surface area contributed by atoms with Crippen LogP contribution in [0.4, 0.5) is 0 Å². The number of allylic oxidation sites excluding steroid dienone is 2. The third-order valence-corrected chi connectivity index (χ3v) is 13.1. The van der Waals surface area contributed by atoms with E-state index >= 15 is 0 Å². The number of aliphatic hydroxyl groups excluding tert-OH is 1. The number of ether oxygens (including phenoxy) is 1. The van der Waals surface area contributed by atoms with Crippen LogP contribution in [0.25, 0.3) is 0 Å². The van der Waals surface area contributed by atoms with Gasteiger partial charge in [-0.1, -0.05) is 59.3 Å². The van der Waals surface area contributed by atoms with E-state index in [0.717, 1.165) is 63.4 Å². The standard InChI is InChI=1S/C32H48O4/c1-20-9-11-28(4)23(29(20,5)19-33)10-12-30(6)24(28)17-22(34)25-21-18-27(2,3)13-15-32(21,26(35)36-8)16-14-31(25,30)7/h17,21,23,25,33H,1,9-16,18-19H2,2-8H3/t21-,23+,25-,28-,29-,30+,31+,32-/m0/s1. The molecule has 0 aromatic rings. The van der Waals surface area contributed by atoms with E-state index in [0.29, 0.717) is 0 Å². The van der Waals surface area contributed by atoms with Gasteiger partial charge in [0.05, 0.1) is 19.1 Å². The number of esters is 1. The molecule has 0 bridgehead atoms. The van der Waals surface area contributed by atoms with Gasteiger partial charge in [0.1, 0.15) is 0 Å². The fraction of sp³-hybridized carbons (Fsp3) is 0.812. The van der Waals surface area contributed by atoms with Crippen LogP contribution in [0.2, 0.25) is 0 Å².